The van der Waals surface area contributed by atoms with Gasteiger partial charge in [0.15, 0.2) is 11.5 Å². The van der Waals surface area contributed by atoms with Crippen LogP contribution in [0.3, 0.4) is 0 Å². The fraction of sp³-hybridized carbons (Fsp3) is 0.214. The van der Waals surface area contributed by atoms with Crippen LogP contribution in [0.5, 0.6) is 11.5 Å². The number of aromatic nitrogens is 3. The third kappa shape index (κ3) is 3.48. The maximum absolute atomic E-state index is 11.5. The first-order valence-electron chi connectivity index (χ1n) is 6.68. The summed E-state index contributed by atoms with van der Waals surface area (Å²) < 4.78 is 10.2. The van der Waals surface area contributed by atoms with E-state index in [0.29, 0.717) is 0 Å². The van der Waals surface area contributed by atoms with Crippen molar-refractivity contribution in [3.8, 4) is 11.5 Å². The van der Waals surface area contributed by atoms with Gasteiger partial charge < -0.3 is 14.6 Å². The summed E-state index contributed by atoms with van der Waals surface area (Å²) in [6.45, 7) is 1.52. The van der Waals surface area contributed by atoms with Gasteiger partial charge in [0.05, 0.1) is 20.4 Å². The Morgan fingerprint density at radius 2 is 2.08 bits per heavy atom. The molecule has 0 spiro atoms. The van der Waals surface area contributed by atoms with Crippen molar-refractivity contribution in [1.29, 1.82) is 0 Å². The van der Waals surface area contributed by atoms with Crippen molar-refractivity contribution in [2.24, 2.45) is 5.10 Å². The summed E-state index contributed by atoms with van der Waals surface area (Å²) >= 11 is 0. The highest BCUT2D eigenvalue weighted by Gasteiger charge is 2.19. The lowest BCUT2D eigenvalue weighted by atomic mass is 10.1. The molecule has 2 rings (SSSR count). The zero-order valence-electron chi connectivity index (χ0n) is 13.2. The number of carboxylic acids is 1. The van der Waals surface area contributed by atoms with Crippen molar-refractivity contribution in [3.63, 3.8) is 0 Å². The van der Waals surface area contributed by atoms with E-state index in [1.54, 1.807) is 6.07 Å². The van der Waals surface area contributed by atoms with E-state index in [1.807, 2.05) is 0 Å². The quantitative estimate of drug-likeness (QED) is 0.517. The van der Waals surface area contributed by atoms with Gasteiger partial charge in [-0.3, -0.25) is 9.78 Å². The molecule has 1 aromatic heterocycles. The van der Waals surface area contributed by atoms with Crippen LogP contribution in [0.4, 0.5) is 5.95 Å². The molecule has 0 amide bonds. The van der Waals surface area contributed by atoms with Gasteiger partial charge in [-0.15, -0.1) is 10.2 Å². The topological polar surface area (TPSA) is 139 Å². The number of hydrazone groups is 1. The summed E-state index contributed by atoms with van der Waals surface area (Å²) in [5, 5.41) is 20.6. The number of rotatable bonds is 6. The van der Waals surface area contributed by atoms with E-state index in [4.69, 9.17) is 9.47 Å². The molecule has 0 saturated carbocycles. The average Bonchev–Trinajstić information content (AvgIpc) is 2.57. The van der Waals surface area contributed by atoms with E-state index in [0.717, 1.165) is 0 Å². The number of benzene rings is 1. The zero-order valence-corrected chi connectivity index (χ0v) is 13.2. The number of H-pyrrole nitrogens is 1. The van der Waals surface area contributed by atoms with Gasteiger partial charge in [-0.1, -0.05) is 0 Å². The van der Waals surface area contributed by atoms with Crippen LogP contribution in [-0.4, -0.2) is 46.7 Å². The minimum Gasteiger partial charge on any atom is -0.493 e. The molecule has 10 heteroatoms. The zero-order chi connectivity index (χ0) is 17.7. The molecule has 126 valence electrons. The van der Waals surface area contributed by atoms with Gasteiger partial charge >= 0.3 is 5.97 Å². The van der Waals surface area contributed by atoms with Crippen LogP contribution in [0, 0.1) is 6.92 Å². The largest absolute Gasteiger partial charge is 0.493 e. The molecule has 0 aliphatic heterocycles. The van der Waals surface area contributed by atoms with E-state index in [2.05, 4.69) is 25.7 Å². The Bertz CT molecular complexity index is 846. The molecule has 2 aromatic rings. The molecule has 0 radical (unpaired) electrons. The fourth-order valence-electron chi connectivity index (χ4n) is 1.88. The number of nitrogens with one attached hydrogen (secondary N) is 2. The van der Waals surface area contributed by atoms with Gasteiger partial charge in [0.2, 0.25) is 5.95 Å². The first kappa shape index (κ1) is 16.9. The van der Waals surface area contributed by atoms with Gasteiger partial charge in [0, 0.05) is 5.56 Å². The summed E-state index contributed by atoms with van der Waals surface area (Å²) in [4.78, 5) is 25.3. The number of methoxy groups -OCH3 is 2. The number of carboxylic acid groups (broad SMARTS) is 1. The van der Waals surface area contributed by atoms with Gasteiger partial charge in [0.1, 0.15) is 11.3 Å². The normalized spacial score (nSPS) is 10.6. The Balaban J connectivity index is 2.33. The maximum atomic E-state index is 11.5. The maximum Gasteiger partial charge on any atom is 0.340 e. The van der Waals surface area contributed by atoms with Crippen LogP contribution >= 0.6 is 0 Å². The van der Waals surface area contributed by atoms with Crippen molar-refractivity contribution in [3.05, 3.63) is 39.3 Å². The lowest BCUT2D eigenvalue weighted by molar-refractivity contribution is 0.0692. The predicted molar refractivity (Wildman–Crippen MR) is 85.1 cm³/mol. The van der Waals surface area contributed by atoms with Crippen LogP contribution in [0.2, 0.25) is 0 Å². The molecule has 0 saturated heterocycles. The Hall–Kier alpha value is -3.43. The molecule has 0 aliphatic carbocycles. The summed E-state index contributed by atoms with van der Waals surface area (Å²) in [7, 11) is 2.75. The fourth-order valence-corrected chi connectivity index (χ4v) is 1.88. The van der Waals surface area contributed by atoms with E-state index in [-0.39, 0.29) is 34.3 Å². The molecule has 10 nitrogen and oxygen atoms in total. The highest BCUT2D eigenvalue weighted by molar-refractivity contribution is 6.01. The Labute approximate surface area is 136 Å². The number of ether oxygens (including phenoxy) is 2. The summed E-state index contributed by atoms with van der Waals surface area (Å²) in [6, 6.07) is 3.07. The molecule has 1 aromatic carbocycles. The second-order valence-corrected chi connectivity index (χ2v) is 4.53. The third-order valence-electron chi connectivity index (χ3n) is 3.03. The number of anilines is 1. The van der Waals surface area contributed by atoms with Gasteiger partial charge in [-0.25, -0.2) is 10.2 Å². The first-order valence-corrected chi connectivity index (χ1v) is 6.68. The van der Waals surface area contributed by atoms with Crippen molar-refractivity contribution >= 4 is 18.1 Å². The molecule has 0 fully saturated rings. The summed E-state index contributed by atoms with van der Waals surface area (Å²) in [5.41, 5.74) is 2.45. The van der Waals surface area contributed by atoms with E-state index < -0.39 is 11.5 Å². The molecule has 24 heavy (non-hydrogen) atoms. The van der Waals surface area contributed by atoms with Crippen molar-refractivity contribution in [1.82, 2.24) is 15.2 Å². The SMILES string of the molecule is COc1ccc(/C=N\Nc2nnc(C)c(=O)[nH]2)c(C(=O)O)c1OC. The van der Waals surface area contributed by atoms with Crippen LogP contribution in [-0.2, 0) is 0 Å². The molecule has 0 unspecified atom stereocenters. The number of hydrogen-bond donors (Lipinski definition) is 3. The smallest absolute Gasteiger partial charge is 0.340 e. The van der Waals surface area contributed by atoms with Gasteiger partial charge in [-0.2, -0.15) is 5.10 Å². The average molecular weight is 333 g/mol. The molecule has 3 N–H and O–H groups in total. The minimum atomic E-state index is -1.20. The number of aromatic carboxylic acids is 1. The van der Waals surface area contributed by atoms with Crippen LogP contribution in [0.1, 0.15) is 21.6 Å². The second-order valence-electron chi connectivity index (χ2n) is 4.53. The number of hydrogen-bond acceptors (Lipinski definition) is 8. The van der Waals surface area contributed by atoms with E-state index >= 15 is 0 Å². The standard InChI is InChI=1S/C14H15N5O5/c1-7-12(20)16-14(19-17-7)18-15-6-8-4-5-9(23-2)11(24-3)10(8)13(21)22/h4-6H,1-3H3,(H,21,22)(H2,16,18,19,20)/b15-6-. The van der Waals surface area contributed by atoms with Gasteiger partial charge in [0.25, 0.3) is 5.56 Å². The van der Waals surface area contributed by atoms with Crippen LogP contribution in [0.15, 0.2) is 22.0 Å². The highest BCUT2D eigenvalue weighted by atomic mass is 16.5. The van der Waals surface area contributed by atoms with Crippen molar-refractivity contribution < 1.29 is 19.4 Å². The lowest BCUT2D eigenvalue weighted by Crippen LogP contribution is -2.15. The predicted octanol–water partition coefficient (Wildman–Crippen LogP) is 0.635. The third-order valence-corrected chi connectivity index (χ3v) is 3.03. The second kappa shape index (κ2) is 7.22. The molecule has 1 heterocycles. The lowest BCUT2D eigenvalue weighted by Gasteiger charge is -2.12. The molecule has 0 aliphatic rings. The van der Waals surface area contributed by atoms with E-state index in [1.165, 1.54) is 33.4 Å². The molecular formula is C14H15N5O5. The first-order chi connectivity index (χ1) is 11.5. The minimum absolute atomic E-state index is 0.0270. The number of aryl methyl sites for hydroxylation is 1. The molecule has 0 atom stereocenters. The Morgan fingerprint density at radius 3 is 2.67 bits per heavy atom. The van der Waals surface area contributed by atoms with Crippen LogP contribution < -0.4 is 20.5 Å². The van der Waals surface area contributed by atoms with Crippen LogP contribution in [0.25, 0.3) is 0 Å². The monoisotopic (exact) mass is 333 g/mol. The van der Waals surface area contributed by atoms with Crippen molar-refractivity contribution in [2.45, 2.75) is 6.92 Å². The van der Waals surface area contributed by atoms with Crippen molar-refractivity contribution in [2.75, 3.05) is 19.6 Å². The molecular weight excluding hydrogens is 318 g/mol. The Morgan fingerprint density at radius 1 is 1.33 bits per heavy atom. The number of carbonyl (C=O) groups is 1. The Kier molecular flexibility index (Phi) is 5.09. The summed E-state index contributed by atoms with van der Waals surface area (Å²) in [5.74, 6) is -0.804. The molecule has 0 bridgehead atoms. The summed E-state index contributed by atoms with van der Waals surface area (Å²) in [6.07, 6.45) is 1.26. The highest BCUT2D eigenvalue weighted by Crippen LogP contribution is 2.32. The van der Waals surface area contributed by atoms with E-state index in [9.17, 15) is 14.7 Å². The van der Waals surface area contributed by atoms with Gasteiger partial charge in [-0.05, 0) is 19.1 Å². The number of nitrogens with zero attached hydrogens (tertiary/aromatic N) is 3. The number of aromatic amines is 1.